The van der Waals surface area contributed by atoms with E-state index >= 15 is 0 Å². The molecule has 0 fully saturated rings. The molecule has 1 aromatic rings. The van der Waals surface area contributed by atoms with Crippen molar-refractivity contribution in [2.45, 2.75) is 0 Å². The van der Waals surface area contributed by atoms with Crippen LogP contribution < -0.4 is 11.3 Å². The molecule has 0 aliphatic rings. The molecule has 1 rings (SSSR count). The second-order valence-corrected chi connectivity index (χ2v) is 4.28. The van der Waals surface area contributed by atoms with Gasteiger partial charge in [0.05, 0.1) is 11.9 Å². The van der Waals surface area contributed by atoms with Crippen molar-refractivity contribution in [3.63, 3.8) is 0 Å². The second-order valence-electron chi connectivity index (χ2n) is 3.30. The summed E-state index contributed by atoms with van der Waals surface area (Å²) in [7, 11) is 1.77. The molecular formula is C10H16N4OS. The van der Waals surface area contributed by atoms with Gasteiger partial charge in [-0.05, 0) is 18.4 Å². The number of nitrogens with two attached hydrogens (primary N) is 1. The highest BCUT2D eigenvalue weighted by Gasteiger charge is 2.11. The molecule has 1 aromatic heterocycles. The first-order valence-electron chi connectivity index (χ1n) is 4.86. The maximum Gasteiger partial charge on any atom is 0.272 e. The van der Waals surface area contributed by atoms with Crippen LogP contribution in [0.4, 0.5) is 5.69 Å². The van der Waals surface area contributed by atoms with Crippen LogP contribution in [0.1, 0.15) is 10.5 Å². The Labute approximate surface area is 99.4 Å². The highest BCUT2D eigenvalue weighted by Crippen LogP contribution is 2.06. The molecule has 0 saturated carbocycles. The van der Waals surface area contributed by atoms with Crippen molar-refractivity contribution < 1.29 is 4.79 Å². The predicted octanol–water partition coefficient (Wildman–Crippen LogP) is 0.802. The summed E-state index contributed by atoms with van der Waals surface area (Å²) >= 11 is 1.71. The first-order valence-corrected chi connectivity index (χ1v) is 6.25. The number of carbonyl (C=O) groups excluding carboxylic acids is 1. The molecule has 0 aliphatic carbocycles. The molecule has 0 atom stereocenters. The summed E-state index contributed by atoms with van der Waals surface area (Å²) in [5.74, 6) is 6.06. The van der Waals surface area contributed by atoms with Crippen molar-refractivity contribution in [1.29, 1.82) is 0 Å². The van der Waals surface area contributed by atoms with E-state index in [2.05, 4.69) is 10.4 Å². The number of nitrogens with one attached hydrogen (secondary N) is 1. The monoisotopic (exact) mass is 240 g/mol. The fourth-order valence-corrected chi connectivity index (χ4v) is 1.59. The zero-order valence-electron chi connectivity index (χ0n) is 9.43. The van der Waals surface area contributed by atoms with E-state index < -0.39 is 0 Å². The van der Waals surface area contributed by atoms with Gasteiger partial charge in [-0.15, -0.1) is 0 Å². The molecule has 0 radical (unpaired) electrons. The van der Waals surface area contributed by atoms with Crippen LogP contribution in [-0.2, 0) is 0 Å². The van der Waals surface area contributed by atoms with Crippen molar-refractivity contribution >= 4 is 23.4 Å². The minimum Gasteiger partial charge on any atom is -0.340 e. The Balaban J connectivity index is 2.64. The summed E-state index contributed by atoms with van der Waals surface area (Å²) in [6.07, 6.45) is 3.55. The third kappa shape index (κ3) is 3.39. The second kappa shape index (κ2) is 6.34. The lowest BCUT2D eigenvalue weighted by molar-refractivity contribution is 0.0798. The van der Waals surface area contributed by atoms with Crippen LogP contribution in [0.3, 0.4) is 0 Å². The van der Waals surface area contributed by atoms with E-state index in [1.54, 1.807) is 35.8 Å². The van der Waals surface area contributed by atoms with Gasteiger partial charge in [-0.2, -0.15) is 11.8 Å². The maximum absolute atomic E-state index is 11.9. The number of rotatable bonds is 5. The Morgan fingerprint density at radius 3 is 2.88 bits per heavy atom. The fraction of sp³-hybridized carbons (Fsp3) is 0.400. The van der Waals surface area contributed by atoms with Crippen LogP contribution in [0.25, 0.3) is 0 Å². The van der Waals surface area contributed by atoms with E-state index in [0.29, 0.717) is 11.4 Å². The summed E-state index contributed by atoms with van der Waals surface area (Å²) < 4.78 is 0. The Bertz CT molecular complexity index is 341. The molecule has 5 nitrogen and oxygen atoms in total. The molecule has 1 heterocycles. The van der Waals surface area contributed by atoms with Crippen molar-refractivity contribution in [3.8, 4) is 0 Å². The zero-order valence-corrected chi connectivity index (χ0v) is 10.3. The topological polar surface area (TPSA) is 71.2 Å². The quantitative estimate of drug-likeness (QED) is 0.588. The van der Waals surface area contributed by atoms with Crippen molar-refractivity contribution in [2.24, 2.45) is 5.84 Å². The van der Waals surface area contributed by atoms with Crippen LogP contribution in [-0.4, -0.2) is 41.4 Å². The van der Waals surface area contributed by atoms with Crippen molar-refractivity contribution in [1.82, 2.24) is 9.88 Å². The summed E-state index contributed by atoms with van der Waals surface area (Å²) in [5, 5.41) is 0. The van der Waals surface area contributed by atoms with E-state index in [9.17, 15) is 4.79 Å². The number of carbonyl (C=O) groups is 1. The van der Waals surface area contributed by atoms with Gasteiger partial charge in [0.2, 0.25) is 0 Å². The molecule has 0 saturated heterocycles. The van der Waals surface area contributed by atoms with Gasteiger partial charge in [0, 0.05) is 19.3 Å². The van der Waals surface area contributed by atoms with Gasteiger partial charge < -0.3 is 10.3 Å². The Kier molecular flexibility index (Phi) is 5.07. The average Bonchev–Trinajstić information content (AvgIpc) is 2.35. The summed E-state index contributed by atoms with van der Waals surface area (Å²) in [6.45, 7) is 0.721. The van der Waals surface area contributed by atoms with Gasteiger partial charge >= 0.3 is 0 Å². The van der Waals surface area contributed by atoms with Crippen molar-refractivity contribution in [2.75, 3.05) is 31.0 Å². The number of nitrogens with zero attached hydrogens (tertiary/aromatic N) is 2. The Morgan fingerprint density at radius 1 is 1.62 bits per heavy atom. The van der Waals surface area contributed by atoms with Crippen LogP contribution in [0, 0.1) is 0 Å². The number of anilines is 1. The first-order chi connectivity index (χ1) is 7.69. The molecule has 6 heteroatoms. The number of hydrazine groups is 1. The van der Waals surface area contributed by atoms with E-state index in [-0.39, 0.29) is 5.91 Å². The van der Waals surface area contributed by atoms with Gasteiger partial charge in [-0.3, -0.25) is 10.6 Å². The SMILES string of the molecule is CSCCN(C)C(=O)c1ccc(NN)cn1. The van der Waals surface area contributed by atoms with Gasteiger partial charge in [0.15, 0.2) is 0 Å². The van der Waals surface area contributed by atoms with E-state index in [1.807, 2.05) is 6.26 Å². The largest absolute Gasteiger partial charge is 0.340 e. The zero-order chi connectivity index (χ0) is 12.0. The minimum absolute atomic E-state index is 0.0716. The number of hydrogen-bond donors (Lipinski definition) is 2. The smallest absolute Gasteiger partial charge is 0.272 e. The van der Waals surface area contributed by atoms with E-state index in [0.717, 1.165) is 12.3 Å². The summed E-state index contributed by atoms with van der Waals surface area (Å²) in [6, 6.07) is 3.38. The number of amides is 1. The normalized spacial score (nSPS) is 9.94. The minimum atomic E-state index is -0.0716. The van der Waals surface area contributed by atoms with Gasteiger partial charge in [-0.25, -0.2) is 4.98 Å². The van der Waals surface area contributed by atoms with Gasteiger partial charge in [-0.1, -0.05) is 0 Å². The molecule has 0 spiro atoms. The van der Waals surface area contributed by atoms with Crippen LogP contribution in [0.2, 0.25) is 0 Å². The standard InChI is InChI=1S/C10H16N4OS/c1-14(5-6-16-2)10(15)9-4-3-8(13-11)7-12-9/h3-4,7,13H,5-6,11H2,1-2H3. The molecule has 88 valence electrons. The summed E-state index contributed by atoms with van der Waals surface area (Å²) in [4.78, 5) is 17.6. The van der Waals surface area contributed by atoms with Crippen LogP contribution >= 0.6 is 11.8 Å². The molecule has 0 aromatic carbocycles. The Morgan fingerprint density at radius 2 is 2.38 bits per heavy atom. The number of pyridine rings is 1. The number of hydrogen-bond acceptors (Lipinski definition) is 5. The third-order valence-corrected chi connectivity index (χ3v) is 2.72. The predicted molar refractivity (Wildman–Crippen MR) is 67.4 cm³/mol. The molecule has 0 unspecified atom stereocenters. The van der Waals surface area contributed by atoms with E-state index in [1.165, 1.54) is 6.20 Å². The van der Waals surface area contributed by atoms with Crippen LogP contribution in [0.5, 0.6) is 0 Å². The van der Waals surface area contributed by atoms with Crippen LogP contribution in [0.15, 0.2) is 18.3 Å². The first kappa shape index (κ1) is 12.8. The highest BCUT2D eigenvalue weighted by molar-refractivity contribution is 7.98. The molecule has 3 N–H and O–H groups in total. The molecule has 0 bridgehead atoms. The number of aromatic nitrogens is 1. The lowest BCUT2D eigenvalue weighted by Crippen LogP contribution is -2.29. The van der Waals surface area contributed by atoms with Gasteiger partial charge in [0.25, 0.3) is 5.91 Å². The fourth-order valence-electron chi connectivity index (χ4n) is 1.13. The van der Waals surface area contributed by atoms with Gasteiger partial charge in [0.1, 0.15) is 5.69 Å². The molecule has 16 heavy (non-hydrogen) atoms. The highest BCUT2D eigenvalue weighted by atomic mass is 32.2. The third-order valence-electron chi connectivity index (χ3n) is 2.13. The molecule has 0 aliphatic heterocycles. The maximum atomic E-state index is 11.9. The lowest BCUT2D eigenvalue weighted by Gasteiger charge is -2.15. The van der Waals surface area contributed by atoms with Crippen molar-refractivity contribution in [3.05, 3.63) is 24.0 Å². The molecular weight excluding hydrogens is 224 g/mol. The van der Waals surface area contributed by atoms with E-state index in [4.69, 9.17) is 5.84 Å². The summed E-state index contributed by atoms with van der Waals surface area (Å²) in [5.41, 5.74) is 3.58. The lowest BCUT2D eigenvalue weighted by atomic mass is 10.3. The average molecular weight is 240 g/mol. The number of thioether (sulfide) groups is 1. The molecule has 1 amide bonds. The number of nitrogen functional groups attached to an aromatic ring is 1. The Hall–Kier alpha value is -1.27.